The van der Waals surface area contributed by atoms with Gasteiger partial charge in [-0.15, -0.1) is 0 Å². The second-order valence-corrected chi connectivity index (χ2v) is 12.6. The molecule has 250 valence electrons. The van der Waals surface area contributed by atoms with Gasteiger partial charge in [0.15, 0.2) is 6.10 Å². The van der Waals surface area contributed by atoms with Gasteiger partial charge in [0.2, 0.25) is 6.29 Å². The van der Waals surface area contributed by atoms with Gasteiger partial charge in [0.05, 0.1) is 23.1 Å². The van der Waals surface area contributed by atoms with E-state index in [9.17, 15) is 30.0 Å². The Morgan fingerprint density at radius 3 is 2.35 bits per heavy atom. The summed E-state index contributed by atoms with van der Waals surface area (Å²) in [5.41, 5.74) is 2.81. The van der Waals surface area contributed by atoms with Crippen LogP contribution in [-0.2, 0) is 42.2 Å². The summed E-state index contributed by atoms with van der Waals surface area (Å²) in [5.74, 6) is -0.772. The van der Waals surface area contributed by atoms with E-state index in [0.717, 1.165) is 67.9 Å². The molecule has 0 spiro atoms. The van der Waals surface area contributed by atoms with Gasteiger partial charge in [-0.05, 0) is 76.4 Å². The van der Waals surface area contributed by atoms with Crippen LogP contribution in [0, 0.1) is 0 Å². The molecule has 5 atom stereocenters. The zero-order chi connectivity index (χ0) is 33.0. The van der Waals surface area contributed by atoms with Crippen molar-refractivity contribution in [3.63, 3.8) is 0 Å². The standard InChI is InChI=1S/C34H45N3O9/c1-4-44-20-19-37-25-8-6-5-7-24(25)35-30(37)22-14-17-36(18-15-22)16-13-21-9-11-23(12-10-21)34(2,3)33(43)46-32-28(40)26(38)27(39)29(45-32)31(41)42/h5-12,22,26-29,32,38-40H,4,13-20H2,1-3H3,(H,41,42). The average Bonchev–Trinajstić information content (AvgIpc) is 3.42. The van der Waals surface area contributed by atoms with Crippen molar-refractivity contribution in [3.05, 3.63) is 65.5 Å². The smallest absolute Gasteiger partial charge is 0.335 e. The number of carbonyl (C=O) groups is 2. The maximum atomic E-state index is 13.1. The van der Waals surface area contributed by atoms with Crippen molar-refractivity contribution in [1.82, 2.24) is 14.5 Å². The van der Waals surface area contributed by atoms with Crippen LogP contribution in [0.2, 0.25) is 0 Å². The van der Waals surface area contributed by atoms with Crippen LogP contribution in [0.3, 0.4) is 0 Å². The Kier molecular flexibility index (Phi) is 10.8. The Labute approximate surface area is 268 Å². The molecule has 2 fully saturated rings. The van der Waals surface area contributed by atoms with Crippen molar-refractivity contribution in [2.45, 2.75) is 88.6 Å². The average molecular weight is 640 g/mol. The largest absolute Gasteiger partial charge is 0.479 e. The van der Waals surface area contributed by atoms with Crippen molar-refractivity contribution in [2.75, 3.05) is 32.8 Å². The van der Waals surface area contributed by atoms with Crippen LogP contribution in [0.5, 0.6) is 0 Å². The third-order valence-corrected chi connectivity index (χ3v) is 9.24. The van der Waals surface area contributed by atoms with Gasteiger partial charge in [0, 0.05) is 25.6 Å². The van der Waals surface area contributed by atoms with Gasteiger partial charge in [0.25, 0.3) is 0 Å². The van der Waals surface area contributed by atoms with Crippen LogP contribution >= 0.6 is 0 Å². The highest BCUT2D eigenvalue weighted by molar-refractivity contribution is 5.82. The molecule has 0 radical (unpaired) electrons. The number of esters is 1. The zero-order valence-corrected chi connectivity index (χ0v) is 26.6. The number of hydrogen-bond acceptors (Lipinski definition) is 10. The van der Waals surface area contributed by atoms with E-state index in [1.54, 1.807) is 13.8 Å². The van der Waals surface area contributed by atoms with Crippen molar-refractivity contribution in [3.8, 4) is 0 Å². The molecule has 2 aliphatic heterocycles. The van der Waals surface area contributed by atoms with E-state index in [1.807, 2.05) is 37.3 Å². The Morgan fingerprint density at radius 1 is 0.978 bits per heavy atom. The highest BCUT2D eigenvalue weighted by atomic mass is 16.7. The van der Waals surface area contributed by atoms with E-state index in [0.29, 0.717) is 24.7 Å². The lowest BCUT2D eigenvalue weighted by Gasteiger charge is -2.39. The number of rotatable bonds is 12. The number of benzene rings is 2. The molecular weight excluding hydrogens is 594 g/mol. The SMILES string of the molecule is CCOCCn1c(C2CCN(CCc3ccc(C(C)(C)C(=O)OC4OC(C(=O)O)C(O)C(O)C4O)cc3)CC2)nc2ccccc21. The molecule has 12 nitrogen and oxygen atoms in total. The number of hydrogen-bond donors (Lipinski definition) is 4. The lowest BCUT2D eigenvalue weighted by Crippen LogP contribution is -2.61. The topological polar surface area (TPSA) is 164 Å². The van der Waals surface area contributed by atoms with Crippen LogP contribution < -0.4 is 0 Å². The Hall–Kier alpha value is -3.39. The number of nitrogens with zero attached hydrogens (tertiary/aromatic N) is 3. The predicted molar refractivity (Wildman–Crippen MR) is 168 cm³/mol. The minimum atomic E-state index is -1.87. The van der Waals surface area contributed by atoms with Crippen molar-refractivity contribution in [1.29, 1.82) is 0 Å². The number of piperidine rings is 1. The third kappa shape index (κ3) is 7.27. The van der Waals surface area contributed by atoms with E-state index in [-0.39, 0.29) is 0 Å². The number of para-hydroxylation sites is 2. The number of carboxylic acid groups (broad SMARTS) is 1. The number of aliphatic hydroxyl groups is 3. The van der Waals surface area contributed by atoms with E-state index in [2.05, 4.69) is 27.7 Å². The monoisotopic (exact) mass is 639 g/mol. The molecule has 2 aromatic carbocycles. The predicted octanol–water partition coefficient (Wildman–Crippen LogP) is 2.21. The van der Waals surface area contributed by atoms with Gasteiger partial charge < -0.3 is 44.1 Å². The Bertz CT molecular complexity index is 1480. The van der Waals surface area contributed by atoms with Gasteiger partial charge in [-0.25, -0.2) is 9.78 Å². The van der Waals surface area contributed by atoms with Crippen molar-refractivity contribution < 1.29 is 44.2 Å². The summed E-state index contributed by atoms with van der Waals surface area (Å²) in [6, 6.07) is 16.0. The number of carbonyl (C=O) groups excluding carboxylic acids is 1. The number of aromatic nitrogens is 2. The molecule has 2 aliphatic rings. The summed E-state index contributed by atoms with van der Waals surface area (Å²) >= 11 is 0. The third-order valence-electron chi connectivity index (χ3n) is 9.24. The lowest BCUT2D eigenvalue weighted by molar-refractivity contribution is -0.287. The van der Waals surface area contributed by atoms with Crippen molar-refractivity contribution in [2.24, 2.45) is 0 Å². The molecule has 5 unspecified atom stereocenters. The van der Waals surface area contributed by atoms with E-state index >= 15 is 0 Å². The van der Waals surface area contributed by atoms with Crippen LogP contribution in [0.25, 0.3) is 11.0 Å². The van der Waals surface area contributed by atoms with Gasteiger partial charge in [0.1, 0.15) is 24.1 Å². The molecule has 1 aromatic heterocycles. The van der Waals surface area contributed by atoms with Gasteiger partial charge in [-0.3, -0.25) is 4.79 Å². The van der Waals surface area contributed by atoms with Gasteiger partial charge in [-0.2, -0.15) is 0 Å². The molecule has 4 N–H and O–H groups in total. The van der Waals surface area contributed by atoms with Crippen LogP contribution in [0.1, 0.15) is 56.5 Å². The Balaban J connectivity index is 1.14. The number of aliphatic carboxylic acids is 1. The van der Waals surface area contributed by atoms with Gasteiger partial charge in [-0.1, -0.05) is 36.4 Å². The maximum Gasteiger partial charge on any atom is 0.335 e. The molecular formula is C34H45N3O9. The first-order chi connectivity index (χ1) is 22.0. The number of aliphatic hydroxyl groups excluding tert-OH is 3. The number of carboxylic acids is 1. The normalized spacial score (nSPS) is 24.7. The zero-order valence-electron chi connectivity index (χ0n) is 26.6. The number of fused-ring (bicyclic) bond motifs is 1. The van der Waals surface area contributed by atoms with Crippen LogP contribution in [0.4, 0.5) is 0 Å². The number of likely N-dealkylation sites (tertiary alicyclic amines) is 1. The maximum absolute atomic E-state index is 13.1. The fraction of sp³-hybridized carbons (Fsp3) is 0.559. The summed E-state index contributed by atoms with van der Waals surface area (Å²) in [5, 5.41) is 39.4. The molecule has 0 amide bonds. The minimum Gasteiger partial charge on any atom is -0.479 e. The molecule has 2 saturated heterocycles. The molecule has 3 aromatic rings. The first-order valence-corrected chi connectivity index (χ1v) is 16.0. The van der Waals surface area contributed by atoms with E-state index in [1.165, 1.54) is 0 Å². The fourth-order valence-corrected chi connectivity index (χ4v) is 6.25. The summed E-state index contributed by atoms with van der Waals surface area (Å²) in [6.45, 7) is 10.3. The second-order valence-electron chi connectivity index (χ2n) is 12.6. The first-order valence-electron chi connectivity index (χ1n) is 16.0. The fourth-order valence-electron chi connectivity index (χ4n) is 6.25. The quantitative estimate of drug-likeness (QED) is 0.170. The summed E-state index contributed by atoms with van der Waals surface area (Å²) in [7, 11) is 0. The second kappa shape index (κ2) is 14.6. The minimum absolute atomic E-state index is 0.398. The first kappa shape index (κ1) is 34.0. The number of ether oxygens (including phenoxy) is 3. The van der Waals surface area contributed by atoms with E-state index in [4.69, 9.17) is 19.2 Å². The summed E-state index contributed by atoms with van der Waals surface area (Å²) < 4.78 is 18.4. The van der Waals surface area contributed by atoms with Crippen LogP contribution in [-0.4, -0.2) is 110 Å². The highest BCUT2D eigenvalue weighted by Gasteiger charge is 2.49. The van der Waals surface area contributed by atoms with E-state index < -0.39 is 48.1 Å². The lowest BCUT2D eigenvalue weighted by atomic mass is 9.84. The molecule has 0 aliphatic carbocycles. The molecule has 3 heterocycles. The molecule has 46 heavy (non-hydrogen) atoms. The summed E-state index contributed by atoms with van der Waals surface area (Å²) in [4.78, 5) is 32.0. The van der Waals surface area contributed by atoms with Gasteiger partial charge >= 0.3 is 11.9 Å². The van der Waals surface area contributed by atoms with Crippen molar-refractivity contribution >= 4 is 23.0 Å². The molecule has 5 rings (SSSR count). The molecule has 0 saturated carbocycles. The molecule has 12 heteroatoms. The highest BCUT2D eigenvalue weighted by Crippen LogP contribution is 2.32. The summed E-state index contributed by atoms with van der Waals surface area (Å²) in [6.07, 6.45) is -6.19. The molecule has 0 bridgehead atoms. The van der Waals surface area contributed by atoms with Crippen LogP contribution in [0.15, 0.2) is 48.5 Å². The Morgan fingerprint density at radius 2 is 1.67 bits per heavy atom. The number of imidazole rings is 1.